The number of fused-ring (bicyclic) bond motifs is 1. The summed E-state index contributed by atoms with van der Waals surface area (Å²) in [6.07, 6.45) is 0. The van der Waals surface area contributed by atoms with Crippen LogP contribution in [0.5, 0.6) is 11.5 Å². The summed E-state index contributed by atoms with van der Waals surface area (Å²) in [6.45, 7) is 0.254. The fourth-order valence-corrected chi connectivity index (χ4v) is 3.60. The Balaban J connectivity index is 1.67. The first-order valence-electron chi connectivity index (χ1n) is 6.73. The van der Waals surface area contributed by atoms with Crippen molar-refractivity contribution >= 4 is 26.0 Å². The molecule has 23 heavy (non-hydrogen) atoms. The largest absolute Gasteiger partial charge is 0.454 e. The third-order valence-corrected chi connectivity index (χ3v) is 5.06. The highest BCUT2D eigenvalue weighted by molar-refractivity contribution is 9.10. The topological polar surface area (TPSA) is 64.6 Å². The molecule has 0 spiro atoms. The number of sulfonamides is 1. The summed E-state index contributed by atoms with van der Waals surface area (Å²) in [7, 11) is -3.66. The quantitative estimate of drug-likeness (QED) is 0.836. The maximum Gasteiger partial charge on any atom is 0.231 e. The molecule has 0 bridgehead atoms. The van der Waals surface area contributed by atoms with Crippen molar-refractivity contribution in [2.24, 2.45) is 0 Å². The zero-order valence-electron chi connectivity index (χ0n) is 11.9. The maximum absolute atomic E-state index is 13.7. The van der Waals surface area contributed by atoms with E-state index in [-0.39, 0.29) is 18.9 Å². The zero-order chi connectivity index (χ0) is 16.4. The number of rotatable bonds is 5. The van der Waals surface area contributed by atoms with Gasteiger partial charge in [-0.3, -0.25) is 0 Å². The van der Waals surface area contributed by atoms with E-state index in [1.807, 2.05) is 0 Å². The molecule has 0 saturated heterocycles. The highest BCUT2D eigenvalue weighted by atomic mass is 79.9. The van der Waals surface area contributed by atoms with E-state index in [2.05, 4.69) is 20.7 Å². The van der Waals surface area contributed by atoms with E-state index in [0.717, 1.165) is 5.56 Å². The van der Waals surface area contributed by atoms with Gasteiger partial charge in [0.15, 0.2) is 11.5 Å². The summed E-state index contributed by atoms with van der Waals surface area (Å²) >= 11 is 3.13. The van der Waals surface area contributed by atoms with Gasteiger partial charge in [0.1, 0.15) is 5.82 Å². The van der Waals surface area contributed by atoms with Crippen molar-refractivity contribution in [1.29, 1.82) is 0 Å². The van der Waals surface area contributed by atoms with Crippen LogP contribution in [0.1, 0.15) is 11.1 Å². The first kappa shape index (κ1) is 16.2. The van der Waals surface area contributed by atoms with Gasteiger partial charge in [-0.15, -0.1) is 0 Å². The molecule has 0 radical (unpaired) electrons. The van der Waals surface area contributed by atoms with E-state index in [4.69, 9.17) is 9.47 Å². The average molecular weight is 402 g/mol. The van der Waals surface area contributed by atoms with Crippen molar-refractivity contribution in [1.82, 2.24) is 4.72 Å². The first-order chi connectivity index (χ1) is 10.9. The third-order valence-electron chi connectivity index (χ3n) is 3.29. The molecule has 0 unspecified atom stereocenters. The number of hydrogen-bond donors (Lipinski definition) is 1. The van der Waals surface area contributed by atoms with Gasteiger partial charge in [-0.1, -0.05) is 28.1 Å². The molecule has 0 atom stereocenters. The second-order valence-electron chi connectivity index (χ2n) is 5.00. The molecule has 1 heterocycles. The predicted octanol–water partition coefficient (Wildman–Crippen LogP) is 2.94. The van der Waals surface area contributed by atoms with Crippen LogP contribution in [0.25, 0.3) is 0 Å². The second kappa shape index (κ2) is 6.46. The molecule has 3 rings (SSSR count). The Bertz CT molecular complexity index is 841. The SMILES string of the molecule is O=S(=O)(Cc1ccc(Br)cc1F)NCc1ccc2c(c1)OCO2. The minimum Gasteiger partial charge on any atom is -0.454 e. The van der Waals surface area contributed by atoms with Gasteiger partial charge < -0.3 is 9.47 Å². The number of ether oxygens (including phenoxy) is 2. The molecule has 5 nitrogen and oxygen atoms in total. The standard InChI is InChI=1S/C15H13BrFNO4S/c16-12-3-2-11(13(17)6-12)8-23(19,20)18-7-10-1-4-14-15(5-10)22-9-21-14/h1-6,18H,7-9H2. The lowest BCUT2D eigenvalue weighted by molar-refractivity contribution is 0.174. The maximum atomic E-state index is 13.7. The lowest BCUT2D eigenvalue weighted by Crippen LogP contribution is -2.25. The highest BCUT2D eigenvalue weighted by Crippen LogP contribution is 2.32. The first-order valence-corrected chi connectivity index (χ1v) is 9.17. The molecule has 1 N–H and O–H groups in total. The lowest BCUT2D eigenvalue weighted by Gasteiger charge is -2.08. The fraction of sp³-hybridized carbons (Fsp3) is 0.200. The van der Waals surface area contributed by atoms with Crippen molar-refractivity contribution in [3.63, 3.8) is 0 Å². The Hall–Kier alpha value is -1.64. The lowest BCUT2D eigenvalue weighted by atomic mass is 10.2. The molecule has 1 aliphatic heterocycles. The predicted molar refractivity (Wildman–Crippen MR) is 86.1 cm³/mol. The third kappa shape index (κ3) is 4.01. The van der Waals surface area contributed by atoms with Gasteiger partial charge in [-0.2, -0.15) is 0 Å². The fourth-order valence-electron chi connectivity index (χ4n) is 2.14. The van der Waals surface area contributed by atoms with Crippen molar-refractivity contribution in [2.45, 2.75) is 12.3 Å². The van der Waals surface area contributed by atoms with Gasteiger partial charge >= 0.3 is 0 Å². The summed E-state index contributed by atoms with van der Waals surface area (Å²) in [6, 6.07) is 9.47. The Morgan fingerprint density at radius 3 is 2.70 bits per heavy atom. The van der Waals surface area contributed by atoms with Crippen molar-refractivity contribution < 1.29 is 22.3 Å². The van der Waals surface area contributed by atoms with E-state index in [0.29, 0.717) is 16.0 Å². The van der Waals surface area contributed by atoms with E-state index < -0.39 is 21.6 Å². The Labute approximate surface area is 141 Å². The molecule has 0 saturated carbocycles. The van der Waals surface area contributed by atoms with Gasteiger partial charge in [0.25, 0.3) is 0 Å². The van der Waals surface area contributed by atoms with Crippen molar-refractivity contribution in [3.05, 3.63) is 57.8 Å². The second-order valence-corrected chi connectivity index (χ2v) is 7.73. The molecular formula is C15H13BrFNO4S. The van der Waals surface area contributed by atoms with Crippen LogP contribution < -0.4 is 14.2 Å². The van der Waals surface area contributed by atoms with Gasteiger partial charge in [-0.25, -0.2) is 17.5 Å². The van der Waals surface area contributed by atoms with E-state index in [1.165, 1.54) is 12.1 Å². The normalized spacial score (nSPS) is 13.3. The van der Waals surface area contributed by atoms with Crippen LogP contribution in [0.4, 0.5) is 4.39 Å². The summed E-state index contributed by atoms with van der Waals surface area (Å²) in [4.78, 5) is 0. The number of hydrogen-bond acceptors (Lipinski definition) is 4. The monoisotopic (exact) mass is 401 g/mol. The molecule has 2 aromatic rings. The van der Waals surface area contributed by atoms with Gasteiger partial charge in [0.2, 0.25) is 16.8 Å². The van der Waals surface area contributed by atoms with Crippen LogP contribution in [-0.4, -0.2) is 15.2 Å². The highest BCUT2D eigenvalue weighted by Gasteiger charge is 2.17. The molecule has 0 aliphatic carbocycles. The van der Waals surface area contributed by atoms with Crippen LogP contribution in [0.2, 0.25) is 0 Å². The molecule has 0 fully saturated rings. The van der Waals surface area contributed by atoms with E-state index >= 15 is 0 Å². The number of nitrogens with one attached hydrogen (secondary N) is 1. The number of halogens is 2. The number of benzene rings is 2. The van der Waals surface area contributed by atoms with Crippen LogP contribution in [-0.2, 0) is 22.3 Å². The summed E-state index contributed by atoms with van der Waals surface area (Å²) < 4.78 is 51.4. The smallest absolute Gasteiger partial charge is 0.231 e. The van der Waals surface area contributed by atoms with Crippen LogP contribution in [0.3, 0.4) is 0 Å². The van der Waals surface area contributed by atoms with E-state index in [9.17, 15) is 12.8 Å². The molecular weight excluding hydrogens is 389 g/mol. The van der Waals surface area contributed by atoms with Crippen molar-refractivity contribution in [2.75, 3.05) is 6.79 Å². The molecule has 122 valence electrons. The minimum atomic E-state index is -3.66. The van der Waals surface area contributed by atoms with Gasteiger partial charge in [0, 0.05) is 16.6 Å². The summed E-state index contributed by atoms with van der Waals surface area (Å²) in [5.41, 5.74) is 0.848. The molecule has 2 aromatic carbocycles. The Kier molecular flexibility index (Phi) is 4.56. The van der Waals surface area contributed by atoms with Crippen LogP contribution in [0.15, 0.2) is 40.9 Å². The minimum absolute atomic E-state index is 0.0944. The van der Waals surface area contributed by atoms with Crippen LogP contribution in [0, 0.1) is 5.82 Å². The van der Waals surface area contributed by atoms with Crippen LogP contribution >= 0.6 is 15.9 Å². The van der Waals surface area contributed by atoms with Gasteiger partial charge in [0.05, 0.1) is 5.75 Å². The Morgan fingerprint density at radius 1 is 1.13 bits per heavy atom. The molecule has 8 heteroatoms. The van der Waals surface area contributed by atoms with E-state index in [1.54, 1.807) is 24.3 Å². The average Bonchev–Trinajstić information content (AvgIpc) is 2.96. The van der Waals surface area contributed by atoms with Crippen molar-refractivity contribution in [3.8, 4) is 11.5 Å². The summed E-state index contributed by atoms with van der Waals surface area (Å²) in [5, 5.41) is 0. The molecule has 1 aliphatic rings. The molecule has 0 aromatic heterocycles. The summed E-state index contributed by atoms with van der Waals surface area (Å²) in [5.74, 6) is 0.235. The Morgan fingerprint density at radius 2 is 1.91 bits per heavy atom. The zero-order valence-corrected chi connectivity index (χ0v) is 14.3. The van der Waals surface area contributed by atoms with Gasteiger partial charge in [-0.05, 0) is 29.8 Å². The molecule has 0 amide bonds.